The molecule has 29 heavy (non-hydrogen) atoms. The second kappa shape index (κ2) is 8.72. The van der Waals surface area contributed by atoms with Crippen LogP contribution in [0.1, 0.15) is 20.1 Å². The molecule has 0 atom stereocenters. The Kier molecular flexibility index (Phi) is 5.68. The summed E-state index contributed by atoms with van der Waals surface area (Å²) in [6, 6.07) is 32.7. The zero-order valence-electron chi connectivity index (χ0n) is 16.2. The third-order valence-corrected chi connectivity index (χ3v) is 5.61. The van der Waals surface area contributed by atoms with Gasteiger partial charge in [0.1, 0.15) is 0 Å². The molecule has 0 radical (unpaired) electrons. The number of hydrogen-bond acceptors (Lipinski definition) is 3. The van der Waals surface area contributed by atoms with E-state index in [0.717, 1.165) is 32.4 Å². The van der Waals surface area contributed by atoms with Gasteiger partial charge in [-0.1, -0.05) is 54.6 Å². The highest BCUT2D eigenvalue weighted by Crippen LogP contribution is 2.34. The smallest absolute Gasteiger partial charge is 0.195 e. The maximum absolute atomic E-state index is 12.3. The van der Waals surface area contributed by atoms with Gasteiger partial charge in [-0.2, -0.15) is 0 Å². The number of rotatable bonds is 6. The summed E-state index contributed by atoms with van der Waals surface area (Å²) in [5.41, 5.74) is 4.27. The van der Waals surface area contributed by atoms with Crippen molar-refractivity contribution in [2.45, 2.75) is 6.92 Å². The zero-order valence-corrected chi connectivity index (χ0v) is 17.0. The molecule has 0 bridgehead atoms. The molecule has 1 aromatic heterocycles. The number of thiophene rings is 1. The van der Waals surface area contributed by atoms with Crippen LogP contribution >= 0.6 is 11.3 Å². The second-order valence-corrected chi connectivity index (χ2v) is 7.99. The van der Waals surface area contributed by atoms with Gasteiger partial charge in [-0.25, -0.2) is 0 Å². The third-order valence-electron chi connectivity index (χ3n) is 4.59. The van der Waals surface area contributed by atoms with Crippen LogP contribution in [0, 0.1) is 6.92 Å². The van der Waals surface area contributed by atoms with Gasteiger partial charge in [0.15, 0.2) is 5.78 Å². The minimum absolute atomic E-state index is 0.0439. The maximum Gasteiger partial charge on any atom is 0.195 e. The lowest BCUT2D eigenvalue weighted by Gasteiger charge is -2.25. The molecule has 0 aliphatic carbocycles. The highest BCUT2D eigenvalue weighted by molar-refractivity contribution is 7.14. The van der Waals surface area contributed by atoms with Crippen molar-refractivity contribution in [1.29, 1.82) is 0 Å². The molecule has 3 aromatic carbocycles. The number of hydrogen-bond donors (Lipinski definition) is 0. The van der Waals surface area contributed by atoms with E-state index in [9.17, 15) is 4.79 Å². The Morgan fingerprint density at radius 3 is 1.79 bits per heavy atom. The molecule has 0 aliphatic heterocycles. The van der Waals surface area contributed by atoms with Crippen LogP contribution in [-0.2, 0) is 0 Å². The van der Waals surface area contributed by atoms with Crippen molar-refractivity contribution in [3.8, 4) is 0 Å². The first-order chi connectivity index (χ1) is 14.2. The number of anilines is 3. The van der Waals surface area contributed by atoms with Gasteiger partial charge in [-0.05, 0) is 67.1 Å². The largest absolute Gasteiger partial charge is 0.311 e. The van der Waals surface area contributed by atoms with Crippen LogP contribution in [0.15, 0.2) is 103 Å². The second-order valence-electron chi connectivity index (χ2n) is 6.71. The summed E-state index contributed by atoms with van der Waals surface area (Å²) in [5.74, 6) is 0.0439. The van der Waals surface area contributed by atoms with E-state index in [2.05, 4.69) is 41.3 Å². The maximum atomic E-state index is 12.3. The van der Waals surface area contributed by atoms with Crippen molar-refractivity contribution in [3.05, 3.63) is 118 Å². The number of nitrogens with zero attached hydrogens (tertiary/aromatic N) is 1. The minimum atomic E-state index is 0.0439. The van der Waals surface area contributed by atoms with Crippen LogP contribution in [0.25, 0.3) is 6.08 Å². The van der Waals surface area contributed by atoms with Gasteiger partial charge in [0.2, 0.25) is 0 Å². The standard InChI is InChI=1S/C26H21NOS/c1-20-12-19-26(29-20)25(28)18-15-21-13-16-24(17-14-21)27(22-8-4-2-5-9-22)23-10-6-3-7-11-23/h2-19H,1H3/b18-15+. The van der Waals surface area contributed by atoms with Gasteiger partial charge < -0.3 is 4.90 Å². The normalized spacial score (nSPS) is 10.9. The van der Waals surface area contributed by atoms with Gasteiger partial charge in [0, 0.05) is 21.9 Å². The van der Waals surface area contributed by atoms with E-state index in [4.69, 9.17) is 0 Å². The monoisotopic (exact) mass is 395 g/mol. The molecule has 0 saturated heterocycles. The number of carbonyl (C=O) groups excluding carboxylic acids is 1. The first-order valence-corrected chi connectivity index (χ1v) is 10.3. The van der Waals surface area contributed by atoms with E-state index in [1.807, 2.05) is 73.7 Å². The topological polar surface area (TPSA) is 20.3 Å². The first-order valence-electron chi connectivity index (χ1n) is 9.50. The highest BCUT2D eigenvalue weighted by atomic mass is 32.1. The van der Waals surface area contributed by atoms with Crippen molar-refractivity contribution >= 4 is 40.3 Å². The summed E-state index contributed by atoms with van der Waals surface area (Å²) in [5, 5.41) is 0. The van der Waals surface area contributed by atoms with Crippen molar-refractivity contribution in [2.75, 3.05) is 4.90 Å². The van der Waals surface area contributed by atoms with Crippen LogP contribution in [0.3, 0.4) is 0 Å². The van der Waals surface area contributed by atoms with Gasteiger partial charge in [-0.3, -0.25) is 4.79 Å². The van der Waals surface area contributed by atoms with Crippen LogP contribution in [0.2, 0.25) is 0 Å². The predicted octanol–water partition coefficient (Wildman–Crippen LogP) is 7.42. The fourth-order valence-electron chi connectivity index (χ4n) is 3.16. The molecule has 1 heterocycles. The fraction of sp³-hybridized carbons (Fsp3) is 0.0385. The van der Waals surface area contributed by atoms with Crippen molar-refractivity contribution in [2.24, 2.45) is 0 Å². The van der Waals surface area contributed by atoms with Crippen molar-refractivity contribution < 1.29 is 4.79 Å². The number of aryl methyl sites for hydroxylation is 1. The summed E-state index contributed by atoms with van der Waals surface area (Å²) < 4.78 is 0. The first kappa shape index (κ1) is 18.9. The Hall–Kier alpha value is -3.43. The van der Waals surface area contributed by atoms with E-state index in [1.54, 1.807) is 6.08 Å². The molecule has 142 valence electrons. The highest BCUT2D eigenvalue weighted by Gasteiger charge is 2.11. The van der Waals surface area contributed by atoms with Gasteiger partial charge in [0.05, 0.1) is 4.88 Å². The molecule has 0 spiro atoms. The predicted molar refractivity (Wildman–Crippen MR) is 124 cm³/mol. The lowest BCUT2D eigenvalue weighted by atomic mass is 10.1. The lowest BCUT2D eigenvalue weighted by molar-refractivity contribution is 0.105. The Morgan fingerprint density at radius 2 is 1.28 bits per heavy atom. The average molecular weight is 396 g/mol. The third kappa shape index (κ3) is 4.53. The van der Waals surface area contributed by atoms with E-state index in [-0.39, 0.29) is 5.78 Å². The molecule has 0 amide bonds. The Labute approximate surface area is 175 Å². The molecule has 0 unspecified atom stereocenters. The molecule has 3 heteroatoms. The molecular weight excluding hydrogens is 374 g/mol. The van der Waals surface area contributed by atoms with Crippen LogP contribution in [0.5, 0.6) is 0 Å². The number of allylic oxidation sites excluding steroid dienone is 1. The summed E-state index contributed by atoms with van der Waals surface area (Å²) in [6.07, 6.45) is 3.52. The number of carbonyl (C=O) groups is 1. The van der Waals surface area contributed by atoms with Crippen molar-refractivity contribution in [3.63, 3.8) is 0 Å². The number of benzene rings is 3. The summed E-state index contributed by atoms with van der Waals surface area (Å²) >= 11 is 1.53. The van der Waals surface area contributed by atoms with Gasteiger partial charge in [0.25, 0.3) is 0 Å². The van der Waals surface area contributed by atoms with E-state index in [1.165, 1.54) is 11.3 Å². The zero-order chi connectivity index (χ0) is 20.1. The number of ketones is 1. The van der Waals surface area contributed by atoms with Crippen LogP contribution < -0.4 is 4.90 Å². The summed E-state index contributed by atoms with van der Waals surface area (Å²) in [4.78, 5) is 16.4. The quantitative estimate of drug-likeness (QED) is 0.250. The Morgan fingerprint density at radius 1 is 0.724 bits per heavy atom. The minimum Gasteiger partial charge on any atom is -0.311 e. The molecule has 4 rings (SSSR count). The van der Waals surface area contributed by atoms with E-state index < -0.39 is 0 Å². The average Bonchev–Trinajstić information content (AvgIpc) is 3.21. The molecule has 4 aromatic rings. The molecule has 0 saturated carbocycles. The molecule has 0 aliphatic rings. The lowest BCUT2D eigenvalue weighted by Crippen LogP contribution is -2.09. The summed E-state index contributed by atoms with van der Waals surface area (Å²) in [7, 11) is 0. The Bertz CT molecular complexity index is 1070. The molecule has 0 N–H and O–H groups in total. The molecular formula is C26H21NOS. The fourth-order valence-corrected chi connectivity index (χ4v) is 3.94. The molecule has 0 fully saturated rings. The number of para-hydroxylation sites is 2. The van der Waals surface area contributed by atoms with Crippen LogP contribution in [0.4, 0.5) is 17.1 Å². The van der Waals surface area contributed by atoms with Gasteiger partial charge in [-0.15, -0.1) is 11.3 Å². The summed E-state index contributed by atoms with van der Waals surface area (Å²) in [6.45, 7) is 2.01. The molecule has 2 nitrogen and oxygen atoms in total. The Balaban J connectivity index is 1.59. The van der Waals surface area contributed by atoms with Crippen molar-refractivity contribution in [1.82, 2.24) is 0 Å². The van der Waals surface area contributed by atoms with E-state index in [0.29, 0.717) is 0 Å². The van der Waals surface area contributed by atoms with E-state index >= 15 is 0 Å². The SMILES string of the molecule is Cc1ccc(C(=O)/C=C/c2ccc(N(c3ccccc3)c3ccccc3)cc2)s1. The van der Waals surface area contributed by atoms with Gasteiger partial charge >= 0.3 is 0 Å². The van der Waals surface area contributed by atoms with Crippen LogP contribution in [-0.4, -0.2) is 5.78 Å².